The molecule has 0 unspecified atom stereocenters. The molecule has 3 aromatic rings. The molecule has 9 heteroatoms. The first kappa shape index (κ1) is 16.5. The Hall–Kier alpha value is -1.97. The Morgan fingerprint density at radius 2 is 2.24 bits per heavy atom. The number of thiophene rings is 1. The number of aryl methyl sites for hydroxylation is 1. The van der Waals surface area contributed by atoms with Gasteiger partial charge in [0.2, 0.25) is 0 Å². The number of rotatable bonds is 7. The molecular formula is C16H19N5O2S2. The summed E-state index contributed by atoms with van der Waals surface area (Å²) in [6.07, 6.45) is 5.31. The fourth-order valence-corrected chi connectivity index (χ4v) is 4.43. The molecule has 1 aliphatic rings. The first-order valence-electron chi connectivity index (χ1n) is 8.12. The first-order chi connectivity index (χ1) is 12.0. The zero-order chi connectivity index (χ0) is 17.4. The summed E-state index contributed by atoms with van der Waals surface area (Å²) >= 11 is 1.66. The van der Waals surface area contributed by atoms with Crippen molar-refractivity contribution in [1.29, 1.82) is 0 Å². The van der Waals surface area contributed by atoms with Crippen molar-refractivity contribution < 1.29 is 8.42 Å². The van der Waals surface area contributed by atoms with E-state index in [1.54, 1.807) is 23.0 Å². The van der Waals surface area contributed by atoms with Crippen LogP contribution in [0.4, 0.5) is 0 Å². The van der Waals surface area contributed by atoms with E-state index in [-0.39, 0.29) is 11.6 Å². The average molecular weight is 377 g/mol. The van der Waals surface area contributed by atoms with Crippen LogP contribution in [0, 0.1) is 0 Å². The second-order valence-electron chi connectivity index (χ2n) is 6.20. The molecular weight excluding hydrogens is 358 g/mol. The standard InChI is InChI=1S/C16H19N5O2S2/c1-20-10-16(17-11-20)25(22,23)18-6-7-21-14(12-4-5-12)9-13(19-21)15-3-2-8-24-15/h2-3,8-12,18H,4-7H2,1H3. The lowest BCUT2D eigenvalue weighted by Gasteiger charge is -2.07. The maximum atomic E-state index is 12.2. The van der Waals surface area contributed by atoms with Crippen molar-refractivity contribution >= 4 is 21.4 Å². The van der Waals surface area contributed by atoms with Gasteiger partial charge in [-0.25, -0.2) is 18.1 Å². The second-order valence-corrected chi connectivity index (χ2v) is 8.87. The minimum absolute atomic E-state index is 0.0390. The maximum absolute atomic E-state index is 12.2. The molecule has 0 aromatic carbocycles. The number of nitrogens with one attached hydrogen (secondary N) is 1. The molecule has 1 fully saturated rings. The van der Waals surface area contributed by atoms with Gasteiger partial charge in [0.1, 0.15) is 5.69 Å². The third-order valence-corrected chi connectivity index (χ3v) is 6.39. The zero-order valence-corrected chi connectivity index (χ0v) is 15.4. The van der Waals surface area contributed by atoms with Gasteiger partial charge in [0.15, 0.2) is 5.03 Å². The summed E-state index contributed by atoms with van der Waals surface area (Å²) in [5.74, 6) is 0.550. The van der Waals surface area contributed by atoms with E-state index in [0.717, 1.165) is 10.6 Å². The summed E-state index contributed by atoms with van der Waals surface area (Å²) in [7, 11) is -1.84. The van der Waals surface area contributed by atoms with Crippen molar-refractivity contribution in [2.45, 2.75) is 30.3 Å². The second kappa shape index (κ2) is 6.40. The number of hydrogen-bond donors (Lipinski definition) is 1. The summed E-state index contributed by atoms with van der Waals surface area (Å²) in [4.78, 5) is 5.03. The van der Waals surface area contributed by atoms with E-state index in [0.29, 0.717) is 12.5 Å². The molecule has 0 saturated heterocycles. The number of hydrogen-bond acceptors (Lipinski definition) is 5. The van der Waals surface area contributed by atoms with Crippen molar-refractivity contribution in [2.24, 2.45) is 7.05 Å². The lowest BCUT2D eigenvalue weighted by Crippen LogP contribution is -2.28. The van der Waals surface area contributed by atoms with Gasteiger partial charge in [-0.15, -0.1) is 11.3 Å². The van der Waals surface area contributed by atoms with Gasteiger partial charge in [0.25, 0.3) is 10.0 Å². The van der Waals surface area contributed by atoms with Crippen molar-refractivity contribution in [2.75, 3.05) is 6.54 Å². The maximum Gasteiger partial charge on any atom is 0.259 e. The summed E-state index contributed by atoms with van der Waals surface area (Å²) in [6.45, 7) is 0.785. The van der Waals surface area contributed by atoms with Crippen LogP contribution in [0.25, 0.3) is 10.6 Å². The van der Waals surface area contributed by atoms with Gasteiger partial charge >= 0.3 is 0 Å². The van der Waals surface area contributed by atoms with Crippen LogP contribution < -0.4 is 4.72 Å². The molecule has 3 heterocycles. The summed E-state index contributed by atoms with van der Waals surface area (Å²) in [5.41, 5.74) is 2.16. The molecule has 132 valence electrons. The Balaban J connectivity index is 1.47. The predicted molar refractivity (Wildman–Crippen MR) is 95.9 cm³/mol. The zero-order valence-electron chi connectivity index (χ0n) is 13.8. The lowest BCUT2D eigenvalue weighted by molar-refractivity contribution is 0.550. The summed E-state index contributed by atoms with van der Waals surface area (Å²) in [6, 6.07) is 6.20. The van der Waals surface area contributed by atoms with Crippen molar-refractivity contribution in [3.05, 3.63) is 41.8 Å². The van der Waals surface area contributed by atoms with E-state index in [1.807, 2.05) is 16.1 Å². The Morgan fingerprint density at radius 1 is 1.40 bits per heavy atom. The molecule has 4 rings (SSSR count). The van der Waals surface area contributed by atoms with Gasteiger partial charge in [-0.2, -0.15) is 5.10 Å². The summed E-state index contributed by atoms with van der Waals surface area (Å²) < 4.78 is 30.6. The van der Waals surface area contributed by atoms with Crippen LogP contribution in [0.2, 0.25) is 0 Å². The van der Waals surface area contributed by atoms with Crippen LogP contribution >= 0.6 is 11.3 Å². The van der Waals surface area contributed by atoms with Gasteiger partial charge in [-0.1, -0.05) is 6.07 Å². The summed E-state index contributed by atoms with van der Waals surface area (Å²) in [5, 5.41) is 6.76. The Labute approximate surface area is 150 Å². The molecule has 25 heavy (non-hydrogen) atoms. The molecule has 1 N–H and O–H groups in total. The molecule has 0 radical (unpaired) electrons. The topological polar surface area (TPSA) is 81.8 Å². The van der Waals surface area contributed by atoms with Gasteiger partial charge < -0.3 is 4.57 Å². The quantitative estimate of drug-likeness (QED) is 0.684. The van der Waals surface area contributed by atoms with Gasteiger partial charge in [0.05, 0.1) is 17.7 Å². The molecule has 0 bridgehead atoms. The van der Waals surface area contributed by atoms with Gasteiger partial charge in [-0.3, -0.25) is 4.68 Å². The minimum Gasteiger partial charge on any atom is -0.339 e. The molecule has 1 saturated carbocycles. The number of aromatic nitrogens is 4. The highest BCUT2D eigenvalue weighted by Crippen LogP contribution is 2.41. The highest BCUT2D eigenvalue weighted by atomic mass is 32.2. The number of nitrogens with zero attached hydrogens (tertiary/aromatic N) is 4. The molecule has 0 aliphatic heterocycles. The molecule has 0 spiro atoms. The van der Waals surface area contributed by atoms with E-state index < -0.39 is 10.0 Å². The smallest absolute Gasteiger partial charge is 0.259 e. The highest BCUT2D eigenvalue weighted by Gasteiger charge is 2.28. The third-order valence-electron chi connectivity index (χ3n) is 4.15. The minimum atomic E-state index is -3.58. The van der Waals surface area contributed by atoms with E-state index in [1.165, 1.54) is 31.1 Å². The first-order valence-corrected chi connectivity index (χ1v) is 10.5. The van der Waals surface area contributed by atoms with Gasteiger partial charge in [0, 0.05) is 31.4 Å². The van der Waals surface area contributed by atoms with Crippen molar-refractivity contribution in [3.63, 3.8) is 0 Å². The van der Waals surface area contributed by atoms with Crippen molar-refractivity contribution in [1.82, 2.24) is 24.1 Å². The lowest BCUT2D eigenvalue weighted by atomic mass is 10.2. The fraction of sp³-hybridized carbons (Fsp3) is 0.375. The Bertz CT molecular complexity index is 968. The molecule has 7 nitrogen and oxygen atoms in total. The van der Waals surface area contributed by atoms with E-state index in [4.69, 9.17) is 0 Å². The molecule has 3 aromatic heterocycles. The SMILES string of the molecule is Cn1cnc(S(=O)(=O)NCCn2nc(-c3cccs3)cc2C2CC2)c1. The normalized spacial score (nSPS) is 14.9. The van der Waals surface area contributed by atoms with E-state index in [2.05, 4.69) is 26.9 Å². The predicted octanol–water partition coefficient (Wildman–Crippen LogP) is 2.20. The number of imidazole rings is 1. The highest BCUT2D eigenvalue weighted by molar-refractivity contribution is 7.89. The van der Waals surface area contributed by atoms with Crippen LogP contribution in [-0.4, -0.2) is 34.3 Å². The van der Waals surface area contributed by atoms with Crippen LogP contribution in [-0.2, 0) is 23.6 Å². The molecule has 0 amide bonds. The van der Waals surface area contributed by atoms with Gasteiger partial charge in [-0.05, 0) is 30.4 Å². The molecule has 1 aliphatic carbocycles. The van der Waals surface area contributed by atoms with Crippen LogP contribution in [0.3, 0.4) is 0 Å². The van der Waals surface area contributed by atoms with Crippen LogP contribution in [0.5, 0.6) is 0 Å². The largest absolute Gasteiger partial charge is 0.339 e. The molecule has 0 atom stereocenters. The van der Waals surface area contributed by atoms with E-state index in [9.17, 15) is 8.42 Å². The monoisotopic (exact) mass is 377 g/mol. The fourth-order valence-electron chi connectivity index (χ4n) is 2.75. The Kier molecular flexibility index (Phi) is 4.22. The van der Waals surface area contributed by atoms with Crippen LogP contribution in [0.1, 0.15) is 24.5 Å². The number of sulfonamides is 1. The average Bonchev–Trinajstić information content (AvgIpc) is 3.00. The van der Waals surface area contributed by atoms with Crippen molar-refractivity contribution in [3.8, 4) is 10.6 Å². The Morgan fingerprint density at radius 3 is 2.88 bits per heavy atom. The van der Waals surface area contributed by atoms with Crippen LogP contribution in [0.15, 0.2) is 41.1 Å². The van der Waals surface area contributed by atoms with E-state index >= 15 is 0 Å². The third kappa shape index (κ3) is 3.53.